The van der Waals surface area contributed by atoms with Crippen LogP contribution in [0.2, 0.25) is 0 Å². The van der Waals surface area contributed by atoms with Gasteiger partial charge in [-0.2, -0.15) is 8.42 Å². The second kappa shape index (κ2) is 6.72. The van der Waals surface area contributed by atoms with E-state index in [1.807, 2.05) is 17.7 Å². The number of amides is 1. The molecule has 0 radical (unpaired) electrons. The summed E-state index contributed by atoms with van der Waals surface area (Å²) in [5.74, 6) is 0.315. The van der Waals surface area contributed by atoms with Crippen LogP contribution in [0.15, 0.2) is 17.7 Å². The first-order valence-corrected chi connectivity index (χ1v) is 12.5. The van der Waals surface area contributed by atoms with Crippen LogP contribution in [0.3, 0.4) is 0 Å². The topological polar surface area (TPSA) is 102 Å². The smallest absolute Gasteiger partial charge is 0.409 e. The molecular formula is C23H29NO6S. The van der Waals surface area contributed by atoms with E-state index < -0.39 is 16.2 Å². The van der Waals surface area contributed by atoms with Gasteiger partial charge < -0.3 is 14.0 Å². The standard InChI is InChI=1S/C23H29NO6S/c1-4-29-19-11-17-14(9-20(19)30-31(27,28)24-13(2)25)5-6-18-16(17)7-8-22(3)21(26)10-15-12-23(15,18)22/h9,11,15,21,26H,4-8,10,12H2,1-3H3,(H,24,25)/t15-,21-,22-,23+/m1/s1. The fraction of sp³-hybridized carbons (Fsp3) is 0.609. The molecule has 8 heteroatoms. The minimum atomic E-state index is -4.27. The van der Waals surface area contributed by atoms with Gasteiger partial charge in [0.15, 0.2) is 11.5 Å². The van der Waals surface area contributed by atoms with E-state index in [1.54, 1.807) is 6.07 Å². The number of nitrogens with one attached hydrogen (secondary N) is 1. The molecule has 0 bridgehead atoms. The van der Waals surface area contributed by atoms with Crippen LogP contribution in [0.5, 0.6) is 11.5 Å². The van der Waals surface area contributed by atoms with Crippen molar-refractivity contribution in [3.8, 4) is 11.5 Å². The quantitative estimate of drug-likeness (QED) is 0.719. The van der Waals surface area contributed by atoms with E-state index in [9.17, 15) is 18.3 Å². The van der Waals surface area contributed by atoms with Gasteiger partial charge in [-0.15, -0.1) is 0 Å². The lowest BCUT2D eigenvalue weighted by Crippen LogP contribution is -2.41. The Hall–Kier alpha value is -2.06. The molecule has 1 aromatic rings. The maximum atomic E-state index is 12.2. The number of carbonyl (C=O) groups is 1. The van der Waals surface area contributed by atoms with Crippen molar-refractivity contribution in [2.45, 2.75) is 65.4 Å². The molecule has 0 saturated heterocycles. The monoisotopic (exact) mass is 447 g/mol. The van der Waals surface area contributed by atoms with Gasteiger partial charge in [-0.25, -0.2) is 4.72 Å². The van der Waals surface area contributed by atoms with Crippen molar-refractivity contribution in [3.05, 3.63) is 28.8 Å². The zero-order valence-electron chi connectivity index (χ0n) is 18.2. The maximum Gasteiger partial charge on any atom is 0.409 e. The van der Waals surface area contributed by atoms with Crippen molar-refractivity contribution in [1.29, 1.82) is 0 Å². The summed E-state index contributed by atoms with van der Waals surface area (Å²) in [7, 11) is -4.27. The summed E-state index contributed by atoms with van der Waals surface area (Å²) >= 11 is 0. The molecule has 7 nitrogen and oxygen atoms in total. The van der Waals surface area contributed by atoms with Crippen molar-refractivity contribution < 1.29 is 27.2 Å². The minimum absolute atomic E-state index is 0.0355. The molecule has 0 aromatic heterocycles. The van der Waals surface area contributed by atoms with E-state index in [-0.39, 0.29) is 22.7 Å². The zero-order valence-corrected chi connectivity index (χ0v) is 19.0. The second-order valence-electron chi connectivity index (χ2n) is 9.58. The highest BCUT2D eigenvalue weighted by atomic mass is 32.2. The van der Waals surface area contributed by atoms with Crippen LogP contribution in [-0.4, -0.2) is 32.1 Å². The third-order valence-corrected chi connectivity index (χ3v) is 9.01. The predicted molar refractivity (Wildman–Crippen MR) is 115 cm³/mol. The highest BCUT2D eigenvalue weighted by molar-refractivity contribution is 7.85. The average molecular weight is 448 g/mol. The number of ether oxygens (including phenoxy) is 1. The SMILES string of the molecule is CCOc1cc2c(cc1OS(=O)(=O)NC(C)=O)CCC1=C2CC[C@]2(C)[C@H](O)C[C@@H]3C[C@@]132. The molecule has 1 spiro atoms. The van der Waals surface area contributed by atoms with Crippen molar-refractivity contribution in [3.63, 3.8) is 0 Å². The Balaban J connectivity index is 1.57. The van der Waals surface area contributed by atoms with Gasteiger partial charge >= 0.3 is 10.3 Å². The minimum Gasteiger partial charge on any atom is -0.490 e. The predicted octanol–water partition coefficient (Wildman–Crippen LogP) is 3.12. The fourth-order valence-corrected chi connectivity index (χ4v) is 7.48. The molecule has 1 aromatic carbocycles. The van der Waals surface area contributed by atoms with Crippen LogP contribution in [-0.2, 0) is 21.5 Å². The molecule has 0 heterocycles. The molecule has 168 valence electrons. The van der Waals surface area contributed by atoms with Gasteiger partial charge in [-0.3, -0.25) is 4.79 Å². The number of benzene rings is 1. The van der Waals surface area contributed by atoms with Gasteiger partial charge in [0.25, 0.3) is 0 Å². The number of hydrogen-bond acceptors (Lipinski definition) is 6. The van der Waals surface area contributed by atoms with Crippen LogP contribution in [0.25, 0.3) is 5.57 Å². The van der Waals surface area contributed by atoms with Crippen molar-refractivity contribution in [2.24, 2.45) is 16.7 Å². The summed E-state index contributed by atoms with van der Waals surface area (Å²) in [4.78, 5) is 11.2. The van der Waals surface area contributed by atoms with E-state index in [0.717, 1.165) is 50.2 Å². The van der Waals surface area contributed by atoms with Crippen LogP contribution in [0.1, 0.15) is 64.0 Å². The number of hydrogen-bond donors (Lipinski definition) is 2. The third-order valence-electron chi connectivity index (χ3n) is 8.07. The van der Waals surface area contributed by atoms with Crippen molar-refractivity contribution >= 4 is 21.8 Å². The lowest BCUT2D eigenvalue weighted by Gasteiger charge is -2.46. The average Bonchev–Trinajstić information content (AvgIpc) is 3.33. The summed E-state index contributed by atoms with van der Waals surface area (Å²) in [6.45, 7) is 5.57. The molecule has 1 amide bonds. The Morgan fingerprint density at radius 3 is 2.74 bits per heavy atom. The Morgan fingerprint density at radius 2 is 2.03 bits per heavy atom. The first-order valence-electron chi connectivity index (χ1n) is 11.0. The lowest BCUT2D eigenvalue weighted by molar-refractivity contribution is -0.117. The molecule has 31 heavy (non-hydrogen) atoms. The summed E-state index contributed by atoms with van der Waals surface area (Å²) in [5.41, 5.74) is 5.08. The van der Waals surface area contributed by atoms with Gasteiger partial charge in [0, 0.05) is 17.8 Å². The third kappa shape index (κ3) is 2.94. The molecule has 0 unspecified atom stereocenters. The number of allylic oxidation sites excluding steroid dienone is 2. The normalized spacial score (nSPS) is 33.0. The van der Waals surface area contributed by atoms with Gasteiger partial charge in [-0.05, 0) is 80.2 Å². The number of aliphatic hydroxyl groups excluding tert-OH is 1. The molecule has 2 N–H and O–H groups in total. The first-order chi connectivity index (χ1) is 14.6. The molecule has 5 rings (SSSR count). The van der Waals surface area contributed by atoms with E-state index in [4.69, 9.17) is 8.92 Å². The number of rotatable bonds is 5. The molecule has 0 aliphatic heterocycles. The fourth-order valence-electron chi connectivity index (χ4n) is 6.72. The number of carbonyl (C=O) groups excluding carboxylic acids is 1. The number of fused-ring (bicyclic) bond motifs is 2. The molecule has 2 fully saturated rings. The molecule has 4 aliphatic carbocycles. The Kier molecular flexibility index (Phi) is 4.51. The lowest BCUT2D eigenvalue weighted by atomic mass is 9.59. The maximum absolute atomic E-state index is 12.2. The van der Waals surface area contributed by atoms with E-state index in [0.29, 0.717) is 18.3 Å². The van der Waals surface area contributed by atoms with Gasteiger partial charge in [0.05, 0.1) is 12.7 Å². The summed E-state index contributed by atoms with van der Waals surface area (Å²) in [6.07, 6.45) is 5.42. The molecule has 4 atom stereocenters. The summed E-state index contributed by atoms with van der Waals surface area (Å²) < 4.78 is 37.1. The summed E-state index contributed by atoms with van der Waals surface area (Å²) in [6, 6.07) is 3.64. The van der Waals surface area contributed by atoms with E-state index in [2.05, 4.69) is 6.92 Å². The van der Waals surface area contributed by atoms with Gasteiger partial charge in [-0.1, -0.05) is 12.5 Å². The van der Waals surface area contributed by atoms with Crippen LogP contribution in [0.4, 0.5) is 0 Å². The van der Waals surface area contributed by atoms with Crippen molar-refractivity contribution in [1.82, 2.24) is 4.72 Å². The first kappa shape index (κ1) is 20.8. The van der Waals surface area contributed by atoms with Gasteiger partial charge in [0.2, 0.25) is 5.91 Å². The van der Waals surface area contributed by atoms with E-state index >= 15 is 0 Å². The molecular weight excluding hydrogens is 418 g/mol. The van der Waals surface area contributed by atoms with Crippen molar-refractivity contribution in [2.75, 3.05) is 6.61 Å². The zero-order chi connectivity index (χ0) is 22.2. The Bertz CT molecular complexity index is 1110. The van der Waals surface area contributed by atoms with E-state index in [1.165, 1.54) is 17.6 Å². The van der Waals surface area contributed by atoms with Gasteiger partial charge in [0.1, 0.15) is 0 Å². The highest BCUT2D eigenvalue weighted by Gasteiger charge is 2.74. The second-order valence-corrected chi connectivity index (χ2v) is 10.9. The Labute approximate surface area is 183 Å². The summed E-state index contributed by atoms with van der Waals surface area (Å²) in [5, 5.41) is 10.7. The molecule has 2 saturated carbocycles. The number of aliphatic hydroxyl groups is 1. The highest BCUT2D eigenvalue weighted by Crippen LogP contribution is 2.80. The van der Waals surface area contributed by atoms with Crippen LogP contribution >= 0.6 is 0 Å². The van der Waals surface area contributed by atoms with Crippen LogP contribution in [0, 0.1) is 16.7 Å². The Morgan fingerprint density at radius 1 is 1.26 bits per heavy atom. The number of aryl methyl sites for hydroxylation is 1. The van der Waals surface area contributed by atoms with Crippen LogP contribution < -0.4 is 13.6 Å². The molecule has 4 aliphatic rings. The largest absolute Gasteiger partial charge is 0.490 e.